The van der Waals surface area contributed by atoms with Crippen LogP contribution in [0.5, 0.6) is 0 Å². The van der Waals surface area contributed by atoms with Gasteiger partial charge in [0, 0.05) is 31.4 Å². The van der Waals surface area contributed by atoms with E-state index in [2.05, 4.69) is 23.4 Å². The van der Waals surface area contributed by atoms with Crippen molar-refractivity contribution in [1.29, 1.82) is 0 Å². The van der Waals surface area contributed by atoms with E-state index in [1.54, 1.807) is 0 Å². The van der Waals surface area contributed by atoms with Gasteiger partial charge in [0.1, 0.15) is 5.82 Å². The van der Waals surface area contributed by atoms with Crippen LogP contribution in [0.4, 0.5) is 0 Å². The molecule has 0 spiro atoms. The number of aromatic nitrogens is 2. The van der Waals surface area contributed by atoms with Crippen molar-refractivity contribution in [3.8, 4) is 0 Å². The highest BCUT2D eigenvalue weighted by atomic mass is 15.1. The molecule has 1 aliphatic carbocycles. The molecule has 17 heavy (non-hydrogen) atoms. The van der Waals surface area contributed by atoms with Crippen LogP contribution in [-0.4, -0.2) is 15.6 Å². The fraction of sp³-hybridized carbons (Fsp3) is 0.786. The van der Waals surface area contributed by atoms with E-state index in [4.69, 9.17) is 5.73 Å². The van der Waals surface area contributed by atoms with Crippen molar-refractivity contribution in [3.05, 3.63) is 18.2 Å². The Morgan fingerprint density at radius 2 is 2.12 bits per heavy atom. The third kappa shape index (κ3) is 3.09. The van der Waals surface area contributed by atoms with Crippen LogP contribution in [0.3, 0.4) is 0 Å². The van der Waals surface area contributed by atoms with Gasteiger partial charge in [-0.15, -0.1) is 0 Å². The molecule has 0 aliphatic heterocycles. The topological polar surface area (TPSA) is 43.8 Å². The number of hydrogen-bond acceptors (Lipinski definition) is 2. The third-order valence-electron chi connectivity index (χ3n) is 4.23. The quantitative estimate of drug-likeness (QED) is 0.871. The Bertz CT molecular complexity index is 337. The first kappa shape index (κ1) is 12.6. The Hall–Kier alpha value is -0.830. The molecule has 0 saturated heterocycles. The summed E-state index contributed by atoms with van der Waals surface area (Å²) in [5.41, 5.74) is 6.36. The summed E-state index contributed by atoms with van der Waals surface area (Å²) in [6, 6.07) is 0.287. The highest BCUT2D eigenvalue weighted by Gasteiger charge is 2.24. The average molecular weight is 235 g/mol. The van der Waals surface area contributed by atoms with Crippen molar-refractivity contribution in [2.75, 3.05) is 0 Å². The maximum Gasteiger partial charge on any atom is 0.110 e. The molecule has 1 fully saturated rings. The van der Waals surface area contributed by atoms with Crippen LogP contribution in [0.25, 0.3) is 0 Å². The van der Waals surface area contributed by atoms with Crippen molar-refractivity contribution in [2.24, 2.45) is 17.6 Å². The van der Waals surface area contributed by atoms with Crippen molar-refractivity contribution in [3.63, 3.8) is 0 Å². The fourth-order valence-corrected chi connectivity index (χ4v) is 2.91. The van der Waals surface area contributed by atoms with Gasteiger partial charge in [0.05, 0.1) is 0 Å². The van der Waals surface area contributed by atoms with Crippen LogP contribution in [0.2, 0.25) is 0 Å². The van der Waals surface area contributed by atoms with E-state index in [0.717, 1.165) is 24.7 Å². The maximum absolute atomic E-state index is 6.36. The summed E-state index contributed by atoms with van der Waals surface area (Å²) in [5.74, 6) is 2.75. The van der Waals surface area contributed by atoms with Gasteiger partial charge in [-0.2, -0.15) is 0 Å². The van der Waals surface area contributed by atoms with Crippen molar-refractivity contribution < 1.29 is 0 Å². The third-order valence-corrected chi connectivity index (χ3v) is 4.23. The Labute approximate surface area is 104 Å². The van der Waals surface area contributed by atoms with Crippen molar-refractivity contribution >= 4 is 0 Å². The lowest BCUT2D eigenvalue weighted by Gasteiger charge is -2.30. The molecule has 3 nitrogen and oxygen atoms in total. The van der Waals surface area contributed by atoms with Crippen LogP contribution < -0.4 is 5.73 Å². The molecular weight excluding hydrogens is 210 g/mol. The van der Waals surface area contributed by atoms with Gasteiger partial charge in [0.15, 0.2) is 0 Å². The molecule has 2 rings (SSSR count). The minimum absolute atomic E-state index is 0.287. The first-order valence-electron chi connectivity index (χ1n) is 6.96. The summed E-state index contributed by atoms with van der Waals surface area (Å²) in [7, 11) is 0. The predicted molar refractivity (Wildman–Crippen MR) is 70.7 cm³/mol. The van der Waals surface area contributed by atoms with Gasteiger partial charge in [-0.3, -0.25) is 0 Å². The summed E-state index contributed by atoms with van der Waals surface area (Å²) in [6.07, 6.45) is 10.2. The largest absolute Gasteiger partial charge is 0.335 e. The molecule has 0 amide bonds. The number of hydrogen-bond donors (Lipinski definition) is 1. The Balaban J connectivity index is 1.90. The number of rotatable bonds is 4. The molecule has 1 heterocycles. The molecule has 3 heteroatoms. The summed E-state index contributed by atoms with van der Waals surface area (Å²) >= 11 is 0. The minimum atomic E-state index is 0.287. The molecule has 96 valence electrons. The second-order valence-electron chi connectivity index (χ2n) is 5.52. The predicted octanol–water partition coefficient (Wildman–Crippen LogP) is 2.60. The van der Waals surface area contributed by atoms with Crippen molar-refractivity contribution in [1.82, 2.24) is 9.55 Å². The molecule has 1 aliphatic rings. The zero-order valence-electron chi connectivity index (χ0n) is 11.1. The Morgan fingerprint density at radius 1 is 1.41 bits per heavy atom. The summed E-state index contributed by atoms with van der Waals surface area (Å²) in [5, 5.41) is 0. The van der Waals surface area contributed by atoms with E-state index in [1.807, 2.05) is 12.4 Å². The highest BCUT2D eigenvalue weighted by Crippen LogP contribution is 2.30. The molecular formula is C14H25N3. The lowest BCUT2D eigenvalue weighted by atomic mass is 9.78. The van der Waals surface area contributed by atoms with Gasteiger partial charge < -0.3 is 10.3 Å². The van der Waals surface area contributed by atoms with E-state index in [-0.39, 0.29) is 6.04 Å². The van der Waals surface area contributed by atoms with Gasteiger partial charge in [0.2, 0.25) is 0 Å². The lowest BCUT2D eigenvalue weighted by molar-refractivity contribution is 0.251. The van der Waals surface area contributed by atoms with Gasteiger partial charge in [-0.05, 0) is 31.6 Å². The van der Waals surface area contributed by atoms with Gasteiger partial charge >= 0.3 is 0 Å². The maximum atomic E-state index is 6.36. The Morgan fingerprint density at radius 3 is 2.76 bits per heavy atom. The SMILES string of the molecule is CCn1ccnc1CC(N)C1CCC(C)CC1. The standard InChI is InChI=1S/C14H25N3/c1-3-17-9-8-16-14(17)10-13(15)12-6-4-11(2)5-7-12/h8-9,11-13H,3-7,10,15H2,1-2H3. The Kier molecular flexibility index (Phi) is 4.21. The van der Waals surface area contributed by atoms with Gasteiger partial charge in [-0.25, -0.2) is 4.98 Å². The molecule has 0 bridgehead atoms. The van der Waals surface area contributed by atoms with Crippen LogP contribution in [-0.2, 0) is 13.0 Å². The second kappa shape index (κ2) is 5.67. The first-order chi connectivity index (χ1) is 8.20. The smallest absolute Gasteiger partial charge is 0.110 e. The van der Waals surface area contributed by atoms with Crippen LogP contribution in [0.15, 0.2) is 12.4 Å². The van der Waals surface area contributed by atoms with E-state index in [9.17, 15) is 0 Å². The molecule has 1 aromatic rings. The number of imidazole rings is 1. The van der Waals surface area contributed by atoms with Crippen LogP contribution in [0, 0.1) is 11.8 Å². The van der Waals surface area contributed by atoms with Crippen LogP contribution >= 0.6 is 0 Å². The van der Waals surface area contributed by atoms with E-state index < -0.39 is 0 Å². The zero-order chi connectivity index (χ0) is 12.3. The molecule has 0 radical (unpaired) electrons. The molecule has 1 atom stereocenters. The molecule has 0 aromatic carbocycles. The molecule has 2 N–H and O–H groups in total. The van der Waals surface area contributed by atoms with E-state index in [1.165, 1.54) is 25.7 Å². The number of nitrogens with zero attached hydrogens (tertiary/aromatic N) is 2. The van der Waals surface area contributed by atoms with Gasteiger partial charge in [-0.1, -0.05) is 19.8 Å². The average Bonchev–Trinajstić information content (AvgIpc) is 2.77. The van der Waals surface area contributed by atoms with E-state index in [0.29, 0.717) is 5.92 Å². The molecule has 1 aromatic heterocycles. The minimum Gasteiger partial charge on any atom is -0.335 e. The second-order valence-corrected chi connectivity index (χ2v) is 5.52. The molecule has 1 saturated carbocycles. The monoisotopic (exact) mass is 235 g/mol. The molecule has 1 unspecified atom stereocenters. The first-order valence-corrected chi connectivity index (χ1v) is 6.96. The lowest BCUT2D eigenvalue weighted by Crippen LogP contribution is -2.35. The summed E-state index contributed by atoms with van der Waals surface area (Å²) in [6.45, 7) is 5.49. The number of nitrogens with two attached hydrogens (primary N) is 1. The fourth-order valence-electron chi connectivity index (χ4n) is 2.91. The van der Waals surface area contributed by atoms with Crippen molar-refractivity contribution in [2.45, 2.75) is 58.5 Å². The van der Waals surface area contributed by atoms with E-state index >= 15 is 0 Å². The van der Waals surface area contributed by atoms with Crippen LogP contribution in [0.1, 0.15) is 45.4 Å². The normalized spacial score (nSPS) is 27.0. The number of aryl methyl sites for hydroxylation is 1. The summed E-state index contributed by atoms with van der Waals surface area (Å²) in [4.78, 5) is 4.42. The summed E-state index contributed by atoms with van der Waals surface area (Å²) < 4.78 is 2.20. The highest BCUT2D eigenvalue weighted by molar-refractivity contribution is 4.96. The van der Waals surface area contributed by atoms with Gasteiger partial charge in [0.25, 0.3) is 0 Å². The zero-order valence-corrected chi connectivity index (χ0v) is 11.1.